The van der Waals surface area contributed by atoms with Gasteiger partial charge in [-0.25, -0.2) is 0 Å². The summed E-state index contributed by atoms with van der Waals surface area (Å²) in [4.78, 5) is 14.8. The summed E-state index contributed by atoms with van der Waals surface area (Å²) in [5, 5.41) is 4.85. The van der Waals surface area contributed by atoms with E-state index in [9.17, 15) is 4.79 Å². The van der Waals surface area contributed by atoms with Crippen LogP contribution in [0.3, 0.4) is 0 Å². The molecule has 0 radical (unpaired) electrons. The van der Waals surface area contributed by atoms with E-state index in [2.05, 4.69) is 10.2 Å². The minimum absolute atomic E-state index is 0.0579. The number of nitrogens with zero attached hydrogens (tertiary/aromatic N) is 1. The molecule has 2 aromatic rings. The van der Waals surface area contributed by atoms with Crippen molar-refractivity contribution in [3.05, 3.63) is 68.7 Å². The summed E-state index contributed by atoms with van der Waals surface area (Å²) in [7, 11) is 0. The number of carbonyl (C=O) groups is 1. The molecule has 26 heavy (non-hydrogen) atoms. The molecule has 0 aromatic heterocycles. The van der Waals surface area contributed by atoms with Crippen LogP contribution in [0.4, 0.5) is 0 Å². The first-order chi connectivity index (χ1) is 12.5. The van der Waals surface area contributed by atoms with E-state index < -0.39 is 0 Å². The predicted molar refractivity (Wildman–Crippen MR) is 108 cm³/mol. The Bertz CT molecular complexity index is 773. The van der Waals surface area contributed by atoms with Gasteiger partial charge in [-0.2, -0.15) is 0 Å². The smallest absolute Gasteiger partial charge is 0.223 e. The van der Waals surface area contributed by atoms with Gasteiger partial charge >= 0.3 is 0 Å². The van der Waals surface area contributed by atoms with E-state index in [1.807, 2.05) is 42.5 Å². The van der Waals surface area contributed by atoms with Crippen LogP contribution >= 0.6 is 34.8 Å². The fraction of sp³-hybridized carbons (Fsp3) is 0.350. The van der Waals surface area contributed by atoms with Gasteiger partial charge in [-0.3, -0.25) is 9.69 Å². The van der Waals surface area contributed by atoms with Gasteiger partial charge in [0.15, 0.2) is 0 Å². The van der Waals surface area contributed by atoms with Gasteiger partial charge in [0, 0.05) is 24.0 Å². The summed E-state index contributed by atoms with van der Waals surface area (Å²) in [6.07, 6.45) is 1.71. The SMILES string of the molecule is O=C(NCc1ccccc1Cl)C1CCN(Cc2ccc(Cl)c(Cl)c2)CC1. The number of hydrogen-bond acceptors (Lipinski definition) is 2. The van der Waals surface area contributed by atoms with Crippen molar-refractivity contribution in [2.45, 2.75) is 25.9 Å². The average molecular weight is 412 g/mol. The van der Waals surface area contributed by atoms with Crippen molar-refractivity contribution in [1.82, 2.24) is 10.2 Å². The summed E-state index contributed by atoms with van der Waals surface area (Å²) in [5.41, 5.74) is 2.08. The fourth-order valence-electron chi connectivity index (χ4n) is 3.22. The predicted octanol–water partition coefficient (Wildman–Crippen LogP) is 5.18. The zero-order chi connectivity index (χ0) is 18.5. The molecular weight excluding hydrogens is 391 g/mol. The first-order valence-corrected chi connectivity index (χ1v) is 9.83. The summed E-state index contributed by atoms with van der Waals surface area (Å²) < 4.78 is 0. The largest absolute Gasteiger partial charge is 0.352 e. The minimum atomic E-state index is 0.0579. The lowest BCUT2D eigenvalue weighted by Crippen LogP contribution is -2.40. The molecule has 0 atom stereocenters. The molecule has 1 aliphatic rings. The van der Waals surface area contributed by atoms with Crippen molar-refractivity contribution in [3.63, 3.8) is 0 Å². The summed E-state index contributed by atoms with van der Waals surface area (Å²) in [5.74, 6) is 0.168. The van der Waals surface area contributed by atoms with Gasteiger partial charge in [0.25, 0.3) is 0 Å². The van der Waals surface area contributed by atoms with E-state index in [-0.39, 0.29) is 11.8 Å². The molecule has 1 aliphatic heterocycles. The number of benzene rings is 2. The van der Waals surface area contributed by atoms with Crippen LogP contribution in [-0.4, -0.2) is 23.9 Å². The quantitative estimate of drug-likeness (QED) is 0.735. The van der Waals surface area contributed by atoms with E-state index in [1.165, 1.54) is 0 Å². The zero-order valence-corrected chi connectivity index (χ0v) is 16.6. The molecule has 0 unspecified atom stereocenters. The number of nitrogens with one attached hydrogen (secondary N) is 1. The van der Waals surface area contributed by atoms with E-state index in [0.717, 1.165) is 43.6 Å². The van der Waals surface area contributed by atoms with Crippen molar-refractivity contribution in [1.29, 1.82) is 0 Å². The Kier molecular flexibility index (Phi) is 6.82. The normalized spacial score (nSPS) is 15.8. The van der Waals surface area contributed by atoms with E-state index in [4.69, 9.17) is 34.8 Å². The molecule has 0 spiro atoms. The third-order valence-corrected chi connectivity index (χ3v) is 5.87. The molecule has 1 saturated heterocycles. The lowest BCUT2D eigenvalue weighted by Gasteiger charge is -2.31. The monoisotopic (exact) mass is 410 g/mol. The molecule has 1 heterocycles. The van der Waals surface area contributed by atoms with Crippen LogP contribution in [0.25, 0.3) is 0 Å². The molecule has 0 aliphatic carbocycles. The van der Waals surface area contributed by atoms with Gasteiger partial charge < -0.3 is 5.32 Å². The minimum Gasteiger partial charge on any atom is -0.352 e. The van der Waals surface area contributed by atoms with Gasteiger partial charge in [0.1, 0.15) is 0 Å². The Morgan fingerprint density at radius 1 is 1.00 bits per heavy atom. The molecular formula is C20H21Cl3N2O. The van der Waals surface area contributed by atoms with Crippen LogP contribution in [0.15, 0.2) is 42.5 Å². The molecule has 1 N–H and O–H groups in total. The second-order valence-corrected chi connectivity index (χ2v) is 7.83. The molecule has 0 bridgehead atoms. The molecule has 3 nitrogen and oxygen atoms in total. The average Bonchev–Trinajstić information content (AvgIpc) is 2.64. The number of likely N-dealkylation sites (tertiary alicyclic amines) is 1. The topological polar surface area (TPSA) is 32.3 Å². The van der Waals surface area contributed by atoms with Crippen LogP contribution < -0.4 is 5.32 Å². The molecule has 3 rings (SSSR count). The second kappa shape index (κ2) is 9.09. The van der Waals surface area contributed by atoms with Gasteiger partial charge in [0.2, 0.25) is 5.91 Å². The van der Waals surface area contributed by atoms with Crippen LogP contribution in [0.2, 0.25) is 15.1 Å². The van der Waals surface area contributed by atoms with E-state index in [1.54, 1.807) is 0 Å². The highest BCUT2D eigenvalue weighted by atomic mass is 35.5. The van der Waals surface area contributed by atoms with Crippen LogP contribution in [0, 0.1) is 5.92 Å². The highest BCUT2D eigenvalue weighted by Crippen LogP contribution is 2.25. The van der Waals surface area contributed by atoms with Crippen molar-refractivity contribution in [2.24, 2.45) is 5.92 Å². The number of hydrogen-bond donors (Lipinski definition) is 1. The number of rotatable bonds is 5. The first kappa shape index (κ1) is 19.5. The Morgan fingerprint density at radius 2 is 1.73 bits per heavy atom. The Hall–Kier alpha value is -1.26. The van der Waals surface area contributed by atoms with Crippen LogP contribution in [-0.2, 0) is 17.9 Å². The maximum absolute atomic E-state index is 12.4. The third kappa shape index (κ3) is 5.14. The highest BCUT2D eigenvalue weighted by Gasteiger charge is 2.25. The molecule has 0 saturated carbocycles. The van der Waals surface area contributed by atoms with Crippen molar-refractivity contribution in [2.75, 3.05) is 13.1 Å². The Morgan fingerprint density at radius 3 is 2.42 bits per heavy atom. The highest BCUT2D eigenvalue weighted by molar-refractivity contribution is 6.42. The van der Waals surface area contributed by atoms with Crippen LogP contribution in [0.5, 0.6) is 0 Å². The standard InChI is InChI=1S/C20H21Cl3N2O/c21-17-4-2-1-3-16(17)12-24-20(26)15-7-9-25(10-8-15)13-14-5-6-18(22)19(23)11-14/h1-6,11,15H,7-10,12-13H2,(H,24,26). The van der Waals surface area contributed by atoms with Crippen molar-refractivity contribution >= 4 is 40.7 Å². The van der Waals surface area contributed by atoms with Gasteiger partial charge in [-0.05, 0) is 55.3 Å². The Labute approximate surface area is 169 Å². The summed E-state index contributed by atoms with van der Waals surface area (Å²) >= 11 is 18.2. The third-order valence-electron chi connectivity index (χ3n) is 4.76. The van der Waals surface area contributed by atoms with E-state index >= 15 is 0 Å². The van der Waals surface area contributed by atoms with Gasteiger partial charge in [-0.15, -0.1) is 0 Å². The molecule has 138 valence electrons. The number of halogens is 3. The molecule has 2 aromatic carbocycles. The lowest BCUT2D eigenvalue weighted by molar-refractivity contribution is -0.126. The molecule has 1 amide bonds. The van der Waals surface area contributed by atoms with Crippen molar-refractivity contribution < 1.29 is 4.79 Å². The van der Waals surface area contributed by atoms with Crippen LogP contribution in [0.1, 0.15) is 24.0 Å². The first-order valence-electron chi connectivity index (χ1n) is 8.70. The second-order valence-electron chi connectivity index (χ2n) is 6.61. The Balaban J connectivity index is 1.46. The number of amides is 1. The fourth-order valence-corrected chi connectivity index (χ4v) is 3.74. The lowest BCUT2D eigenvalue weighted by atomic mass is 9.95. The summed E-state index contributed by atoms with van der Waals surface area (Å²) in [6.45, 7) is 3.09. The molecule has 1 fully saturated rings. The number of piperidine rings is 1. The van der Waals surface area contributed by atoms with Gasteiger partial charge in [0.05, 0.1) is 10.0 Å². The van der Waals surface area contributed by atoms with Crippen molar-refractivity contribution in [3.8, 4) is 0 Å². The number of carbonyl (C=O) groups excluding carboxylic acids is 1. The summed E-state index contributed by atoms with van der Waals surface area (Å²) in [6, 6.07) is 13.3. The zero-order valence-electron chi connectivity index (χ0n) is 14.4. The maximum atomic E-state index is 12.4. The maximum Gasteiger partial charge on any atom is 0.223 e. The van der Waals surface area contributed by atoms with E-state index in [0.29, 0.717) is 21.6 Å². The van der Waals surface area contributed by atoms with Gasteiger partial charge in [-0.1, -0.05) is 59.1 Å². The molecule has 6 heteroatoms.